The van der Waals surface area contributed by atoms with Crippen molar-refractivity contribution in [2.24, 2.45) is 0 Å². The van der Waals surface area contributed by atoms with Crippen LogP contribution in [-0.2, 0) is 17.7 Å². The molecule has 0 bridgehead atoms. The Morgan fingerprint density at radius 3 is 2.92 bits per heavy atom. The number of imidazole rings is 1. The second-order valence-corrected chi connectivity index (χ2v) is 6.27. The van der Waals surface area contributed by atoms with Crippen LogP contribution in [0.25, 0.3) is 11.2 Å². The summed E-state index contributed by atoms with van der Waals surface area (Å²) in [6.07, 6.45) is 5.24. The fourth-order valence-corrected chi connectivity index (χ4v) is 3.28. The summed E-state index contributed by atoms with van der Waals surface area (Å²) in [5.74, 6) is 1.14. The van der Waals surface area contributed by atoms with Gasteiger partial charge in [0.25, 0.3) is 0 Å². The Morgan fingerprint density at radius 2 is 2.08 bits per heavy atom. The smallest absolute Gasteiger partial charge is 0.160 e. The first-order valence-electron chi connectivity index (χ1n) is 9.19. The molecule has 132 valence electrons. The summed E-state index contributed by atoms with van der Waals surface area (Å²) < 4.78 is 7.76. The van der Waals surface area contributed by atoms with Crippen molar-refractivity contribution in [1.29, 1.82) is 0 Å². The van der Waals surface area contributed by atoms with Crippen LogP contribution in [0.2, 0.25) is 0 Å². The largest absolute Gasteiger partial charge is 0.380 e. The monoisotopic (exact) mass is 331 g/mol. The topological polar surface area (TPSA) is 55.2 Å². The number of nitrogens with zero attached hydrogens (tertiary/aromatic N) is 4. The van der Waals surface area contributed by atoms with Crippen LogP contribution in [0.1, 0.15) is 25.6 Å². The van der Waals surface area contributed by atoms with Crippen LogP contribution in [0.5, 0.6) is 0 Å². The minimum Gasteiger partial charge on any atom is -0.380 e. The van der Waals surface area contributed by atoms with E-state index in [9.17, 15) is 0 Å². The summed E-state index contributed by atoms with van der Waals surface area (Å²) in [6, 6.07) is 4.00. The highest BCUT2D eigenvalue weighted by atomic mass is 16.5. The number of hydrogen-bond acceptors (Lipinski definition) is 5. The molecular formula is C18H29N5O. The second kappa shape index (κ2) is 9.11. The van der Waals surface area contributed by atoms with Crippen LogP contribution >= 0.6 is 0 Å². The number of pyridine rings is 1. The van der Waals surface area contributed by atoms with Crippen LogP contribution in [-0.4, -0.2) is 65.4 Å². The van der Waals surface area contributed by atoms with Gasteiger partial charge in [-0.2, -0.15) is 0 Å². The van der Waals surface area contributed by atoms with Gasteiger partial charge < -0.3 is 19.5 Å². The molecule has 1 saturated heterocycles. The van der Waals surface area contributed by atoms with Gasteiger partial charge in [0.2, 0.25) is 0 Å². The Kier molecular flexibility index (Phi) is 6.57. The lowest BCUT2D eigenvalue weighted by Crippen LogP contribution is -2.43. The van der Waals surface area contributed by atoms with Crippen molar-refractivity contribution in [1.82, 2.24) is 24.8 Å². The Balaban J connectivity index is 1.57. The highest BCUT2D eigenvalue weighted by molar-refractivity contribution is 5.71. The molecule has 24 heavy (non-hydrogen) atoms. The molecule has 0 spiro atoms. The second-order valence-electron chi connectivity index (χ2n) is 6.27. The lowest BCUT2D eigenvalue weighted by molar-refractivity contribution is 0.139. The van der Waals surface area contributed by atoms with E-state index in [1.807, 2.05) is 25.3 Å². The summed E-state index contributed by atoms with van der Waals surface area (Å²) in [4.78, 5) is 11.9. The summed E-state index contributed by atoms with van der Waals surface area (Å²) >= 11 is 0. The maximum atomic E-state index is 5.53. The van der Waals surface area contributed by atoms with E-state index in [1.165, 1.54) is 32.5 Å². The molecule has 1 N–H and O–H groups in total. The van der Waals surface area contributed by atoms with E-state index in [2.05, 4.69) is 19.8 Å². The molecule has 6 nitrogen and oxygen atoms in total. The zero-order valence-corrected chi connectivity index (χ0v) is 14.7. The van der Waals surface area contributed by atoms with Crippen LogP contribution < -0.4 is 5.32 Å². The molecule has 2 aromatic heterocycles. The predicted molar refractivity (Wildman–Crippen MR) is 96.3 cm³/mol. The zero-order valence-electron chi connectivity index (χ0n) is 14.7. The molecule has 0 amide bonds. The molecule has 2 aromatic rings. The first-order chi connectivity index (χ1) is 11.9. The van der Waals surface area contributed by atoms with Crippen molar-refractivity contribution in [3.63, 3.8) is 0 Å². The lowest BCUT2D eigenvalue weighted by atomic mass is 10.2. The Morgan fingerprint density at radius 1 is 1.21 bits per heavy atom. The van der Waals surface area contributed by atoms with Gasteiger partial charge in [-0.1, -0.05) is 0 Å². The zero-order chi connectivity index (χ0) is 16.6. The normalized spacial score (nSPS) is 16.0. The fourth-order valence-electron chi connectivity index (χ4n) is 3.28. The molecule has 1 aliphatic heterocycles. The molecule has 3 heterocycles. The van der Waals surface area contributed by atoms with E-state index in [0.717, 1.165) is 49.7 Å². The third-order valence-corrected chi connectivity index (χ3v) is 4.58. The van der Waals surface area contributed by atoms with Gasteiger partial charge >= 0.3 is 0 Å². The first-order valence-corrected chi connectivity index (χ1v) is 9.19. The van der Waals surface area contributed by atoms with Gasteiger partial charge in [0.05, 0.1) is 6.61 Å². The van der Waals surface area contributed by atoms with Crippen LogP contribution in [0.15, 0.2) is 18.3 Å². The molecule has 0 atom stereocenters. The highest BCUT2D eigenvalue weighted by Crippen LogP contribution is 2.15. The van der Waals surface area contributed by atoms with Crippen molar-refractivity contribution in [2.75, 3.05) is 45.9 Å². The highest BCUT2D eigenvalue weighted by Gasteiger charge is 2.12. The first kappa shape index (κ1) is 17.3. The van der Waals surface area contributed by atoms with E-state index in [4.69, 9.17) is 9.72 Å². The number of aryl methyl sites for hydroxylation is 1. The predicted octanol–water partition coefficient (Wildman–Crippen LogP) is 1.70. The SMILES string of the molecule is CCOCCn1c(CCCCN2CCNCC2)nc2cccnc21. The standard InChI is InChI=1S/C18H29N5O/c1-2-24-15-14-23-17(21-16-6-5-8-20-18(16)23)7-3-4-11-22-12-9-19-10-13-22/h5-6,8,19H,2-4,7,9-15H2,1H3. The summed E-state index contributed by atoms with van der Waals surface area (Å²) in [6.45, 7) is 10.1. The Hall–Kier alpha value is -1.50. The van der Waals surface area contributed by atoms with Crippen molar-refractivity contribution in [3.05, 3.63) is 24.2 Å². The van der Waals surface area contributed by atoms with E-state index >= 15 is 0 Å². The van der Waals surface area contributed by atoms with Crippen molar-refractivity contribution in [2.45, 2.75) is 32.7 Å². The molecule has 0 aromatic carbocycles. The number of unbranched alkanes of at least 4 members (excludes halogenated alkanes) is 1. The molecule has 0 saturated carbocycles. The summed E-state index contributed by atoms with van der Waals surface area (Å²) in [5, 5.41) is 3.40. The quantitative estimate of drug-likeness (QED) is 0.709. The third kappa shape index (κ3) is 4.53. The van der Waals surface area contributed by atoms with Gasteiger partial charge in [-0.15, -0.1) is 0 Å². The number of hydrogen-bond donors (Lipinski definition) is 1. The van der Waals surface area contributed by atoms with Crippen molar-refractivity contribution in [3.8, 4) is 0 Å². The minimum absolute atomic E-state index is 0.715. The molecule has 0 radical (unpaired) electrons. The van der Waals surface area contributed by atoms with Crippen molar-refractivity contribution >= 4 is 11.2 Å². The Bertz CT molecular complexity index is 621. The average Bonchev–Trinajstić information content (AvgIpc) is 2.98. The van der Waals surface area contributed by atoms with Gasteiger partial charge in [0.15, 0.2) is 5.65 Å². The lowest BCUT2D eigenvalue weighted by Gasteiger charge is -2.27. The maximum absolute atomic E-state index is 5.53. The number of rotatable bonds is 9. The molecule has 0 aliphatic carbocycles. The van der Waals surface area contributed by atoms with Gasteiger partial charge in [0, 0.05) is 51.9 Å². The van der Waals surface area contributed by atoms with Crippen LogP contribution in [0, 0.1) is 0 Å². The van der Waals surface area contributed by atoms with E-state index in [0.29, 0.717) is 6.61 Å². The molecular weight excluding hydrogens is 302 g/mol. The van der Waals surface area contributed by atoms with Gasteiger partial charge in [-0.05, 0) is 38.4 Å². The van der Waals surface area contributed by atoms with Crippen LogP contribution in [0.3, 0.4) is 0 Å². The molecule has 3 rings (SSSR count). The summed E-state index contributed by atoms with van der Waals surface area (Å²) in [5.41, 5.74) is 1.97. The number of aromatic nitrogens is 3. The molecule has 6 heteroatoms. The van der Waals surface area contributed by atoms with E-state index in [-0.39, 0.29) is 0 Å². The van der Waals surface area contributed by atoms with Gasteiger partial charge in [-0.25, -0.2) is 9.97 Å². The minimum atomic E-state index is 0.715. The number of ether oxygens (including phenoxy) is 1. The maximum Gasteiger partial charge on any atom is 0.160 e. The number of fused-ring (bicyclic) bond motifs is 1. The fraction of sp³-hybridized carbons (Fsp3) is 0.667. The molecule has 0 unspecified atom stereocenters. The number of piperazine rings is 1. The Labute approximate surface area is 144 Å². The third-order valence-electron chi connectivity index (χ3n) is 4.58. The van der Waals surface area contributed by atoms with Crippen LogP contribution in [0.4, 0.5) is 0 Å². The summed E-state index contributed by atoms with van der Waals surface area (Å²) in [7, 11) is 0. The molecule has 1 fully saturated rings. The average molecular weight is 331 g/mol. The number of nitrogens with one attached hydrogen (secondary N) is 1. The van der Waals surface area contributed by atoms with E-state index < -0.39 is 0 Å². The van der Waals surface area contributed by atoms with Crippen molar-refractivity contribution < 1.29 is 4.74 Å². The molecule has 1 aliphatic rings. The van der Waals surface area contributed by atoms with Gasteiger partial charge in [-0.3, -0.25) is 0 Å². The van der Waals surface area contributed by atoms with Gasteiger partial charge in [0.1, 0.15) is 11.3 Å². The van der Waals surface area contributed by atoms with E-state index in [1.54, 1.807) is 0 Å².